The van der Waals surface area contributed by atoms with Gasteiger partial charge in [0.15, 0.2) is 0 Å². The van der Waals surface area contributed by atoms with Crippen molar-refractivity contribution in [3.63, 3.8) is 0 Å². The summed E-state index contributed by atoms with van der Waals surface area (Å²) in [5.74, 6) is 3.41. The molecule has 1 rings (SSSR count). The maximum Gasteiger partial charge on any atom is 0.130 e. The largest absolute Gasteiger partial charge is 0.383 e. The van der Waals surface area contributed by atoms with E-state index in [4.69, 9.17) is 12.2 Å². The summed E-state index contributed by atoms with van der Waals surface area (Å²) in [7, 11) is 0. The summed E-state index contributed by atoms with van der Waals surface area (Å²) in [5, 5.41) is 0. The minimum Gasteiger partial charge on any atom is -0.383 e. The first-order valence-corrected chi connectivity index (χ1v) is 4.19. The fourth-order valence-corrected chi connectivity index (χ4v) is 1.31. The Morgan fingerprint density at radius 3 is 2.77 bits per heavy atom. The molecule has 2 N–H and O–H groups in total. The zero-order valence-corrected chi connectivity index (χ0v) is 7.91. The van der Waals surface area contributed by atoms with Gasteiger partial charge in [0, 0.05) is 5.56 Å². The standard InChI is InChI=1S/C10H13N3/c1-4-5-8-9(7(2)3)10(11)13-6-12-8/h1,6-7H,5H2,2-3H3,(H2,11,12,13). The summed E-state index contributed by atoms with van der Waals surface area (Å²) in [4.78, 5) is 8.06. The summed E-state index contributed by atoms with van der Waals surface area (Å²) in [6.45, 7) is 4.10. The highest BCUT2D eigenvalue weighted by atomic mass is 14.9. The molecule has 13 heavy (non-hydrogen) atoms. The van der Waals surface area contributed by atoms with Crippen molar-refractivity contribution in [1.82, 2.24) is 9.97 Å². The highest BCUT2D eigenvalue weighted by Crippen LogP contribution is 2.22. The maximum atomic E-state index is 5.73. The fourth-order valence-electron chi connectivity index (χ4n) is 1.31. The molecular weight excluding hydrogens is 162 g/mol. The fraction of sp³-hybridized carbons (Fsp3) is 0.400. The Kier molecular flexibility index (Phi) is 2.86. The topological polar surface area (TPSA) is 51.8 Å². The van der Waals surface area contributed by atoms with Crippen LogP contribution in [-0.2, 0) is 6.42 Å². The molecule has 0 atom stereocenters. The van der Waals surface area contributed by atoms with E-state index in [0.29, 0.717) is 18.2 Å². The molecule has 0 spiro atoms. The minimum atomic E-state index is 0.310. The van der Waals surface area contributed by atoms with Gasteiger partial charge in [0.05, 0.1) is 12.1 Å². The number of nitrogen functional groups attached to an aromatic ring is 1. The van der Waals surface area contributed by atoms with Crippen LogP contribution in [0.15, 0.2) is 6.33 Å². The van der Waals surface area contributed by atoms with Gasteiger partial charge < -0.3 is 5.73 Å². The van der Waals surface area contributed by atoms with Gasteiger partial charge in [0.25, 0.3) is 0 Å². The Balaban J connectivity index is 3.19. The second kappa shape index (κ2) is 3.90. The van der Waals surface area contributed by atoms with E-state index >= 15 is 0 Å². The first-order chi connectivity index (χ1) is 6.16. The Labute approximate surface area is 78.4 Å². The monoisotopic (exact) mass is 175 g/mol. The van der Waals surface area contributed by atoms with Gasteiger partial charge >= 0.3 is 0 Å². The minimum absolute atomic E-state index is 0.310. The van der Waals surface area contributed by atoms with Crippen LogP contribution in [0.3, 0.4) is 0 Å². The van der Waals surface area contributed by atoms with E-state index < -0.39 is 0 Å². The molecule has 0 bridgehead atoms. The number of anilines is 1. The van der Waals surface area contributed by atoms with E-state index in [0.717, 1.165) is 11.3 Å². The lowest BCUT2D eigenvalue weighted by Crippen LogP contribution is -2.06. The van der Waals surface area contributed by atoms with Crippen molar-refractivity contribution in [3.8, 4) is 12.3 Å². The number of nitrogens with zero attached hydrogens (tertiary/aromatic N) is 2. The van der Waals surface area contributed by atoms with Crippen LogP contribution >= 0.6 is 0 Å². The molecule has 0 fully saturated rings. The van der Waals surface area contributed by atoms with Crippen molar-refractivity contribution < 1.29 is 0 Å². The number of aromatic nitrogens is 2. The molecule has 0 saturated carbocycles. The summed E-state index contributed by atoms with van der Waals surface area (Å²) < 4.78 is 0. The summed E-state index contributed by atoms with van der Waals surface area (Å²) in [6, 6.07) is 0. The molecule has 1 aromatic heterocycles. The van der Waals surface area contributed by atoms with Crippen LogP contribution in [0, 0.1) is 12.3 Å². The van der Waals surface area contributed by atoms with Gasteiger partial charge in [-0.2, -0.15) is 0 Å². The molecular formula is C10H13N3. The van der Waals surface area contributed by atoms with Gasteiger partial charge in [-0.15, -0.1) is 12.3 Å². The molecule has 1 aromatic rings. The third kappa shape index (κ3) is 1.97. The lowest BCUT2D eigenvalue weighted by Gasteiger charge is -2.11. The number of terminal acetylenes is 1. The van der Waals surface area contributed by atoms with E-state index in [1.165, 1.54) is 6.33 Å². The van der Waals surface area contributed by atoms with Gasteiger partial charge in [0.2, 0.25) is 0 Å². The summed E-state index contributed by atoms with van der Waals surface area (Å²) in [6.07, 6.45) is 7.19. The second-order valence-electron chi connectivity index (χ2n) is 3.15. The predicted molar refractivity (Wildman–Crippen MR) is 53.1 cm³/mol. The van der Waals surface area contributed by atoms with Crippen LogP contribution in [0.4, 0.5) is 5.82 Å². The molecule has 0 radical (unpaired) electrons. The summed E-state index contributed by atoms with van der Waals surface area (Å²) in [5.41, 5.74) is 7.57. The van der Waals surface area contributed by atoms with Crippen LogP contribution in [0.1, 0.15) is 31.0 Å². The molecule has 0 saturated heterocycles. The van der Waals surface area contributed by atoms with E-state index in [1.54, 1.807) is 0 Å². The number of hydrogen-bond acceptors (Lipinski definition) is 3. The van der Waals surface area contributed by atoms with Crippen LogP contribution < -0.4 is 5.73 Å². The van der Waals surface area contributed by atoms with Crippen LogP contribution in [0.5, 0.6) is 0 Å². The van der Waals surface area contributed by atoms with Crippen molar-refractivity contribution in [2.24, 2.45) is 0 Å². The Hall–Kier alpha value is -1.56. The van der Waals surface area contributed by atoms with Crippen molar-refractivity contribution in [2.45, 2.75) is 26.2 Å². The molecule has 0 aliphatic rings. The number of rotatable bonds is 2. The quantitative estimate of drug-likeness (QED) is 0.690. The highest BCUT2D eigenvalue weighted by molar-refractivity contribution is 5.44. The third-order valence-corrected chi connectivity index (χ3v) is 1.84. The Morgan fingerprint density at radius 1 is 1.54 bits per heavy atom. The normalized spacial score (nSPS) is 10.0. The number of nitrogens with two attached hydrogens (primary N) is 1. The zero-order valence-electron chi connectivity index (χ0n) is 7.91. The van der Waals surface area contributed by atoms with Crippen molar-refractivity contribution in [1.29, 1.82) is 0 Å². The van der Waals surface area contributed by atoms with Crippen molar-refractivity contribution >= 4 is 5.82 Å². The van der Waals surface area contributed by atoms with Gasteiger partial charge in [-0.05, 0) is 5.92 Å². The van der Waals surface area contributed by atoms with Gasteiger partial charge in [0.1, 0.15) is 12.1 Å². The average Bonchev–Trinajstić information content (AvgIpc) is 2.04. The molecule has 1 heterocycles. The van der Waals surface area contributed by atoms with E-state index in [1.807, 2.05) is 0 Å². The van der Waals surface area contributed by atoms with Gasteiger partial charge in [-0.3, -0.25) is 0 Å². The number of hydrogen-bond donors (Lipinski definition) is 1. The van der Waals surface area contributed by atoms with Crippen LogP contribution in [0.2, 0.25) is 0 Å². The van der Waals surface area contributed by atoms with E-state index in [9.17, 15) is 0 Å². The molecule has 3 heteroatoms. The van der Waals surface area contributed by atoms with E-state index in [2.05, 4.69) is 29.7 Å². The zero-order chi connectivity index (χ0) is 9.84. The molecule has 0 amide bonds. The van der Waals surface area contributed by atoms with Crippen molar-refractivity contribution in [3.05, 3.63) is 17.6 Å². The molecule has 0 aromatic carbocycles. The molecule has 3 nitrogen and oxygen atoms in total. The second-order valence-corrected chi connectivity index (χ2v) is 3.15. The lowest BCUT2D eigenvalue weighted by molar-refractivity contribution is 0.827. The van der Waals surface area contributed by atoms with E-state index in [-0.39, 0.29) is 0 Å². The molecule has 68 valence electrons. The Morgan fingerprint density at radius 2 is 2.23 bits per heavy atom. The highest BCUT2D eigenvalue weighted by Gasteiger charge is 2.11. The van der Waals surface area contributed by atoms with Gasteiger partial charge in [-0.25, -0.2) is 9.97 Å². The first kappa shape index (κ1) is 9.53. The maximum absolute atomic E-state index is 5.73. The Bertz CT molecular complexity index is 337. The molecule has 0 aliphatic heterocycles. The third-order valence-electron chi connectivity index (χ3n) is 1.84. The van der Waals surface area contributed by atoms with Crippen LogP contribution in [-0.4, -0.2) is 9.97 Å². The molecule has 0 aliphatic carbocycles. The first-order valence-electron chi connectivity index (χ1n) is 4.19. The van der Waals surface area contributed by atoms with Crippen molar-refractivity contribution in [2.75, 3.05) is 5.73 Å². The SMILES string of the molecule is C#CCc1ncnc(N)c1C(C)C. The van der Waals surface area contributed by atoms with Crippen LogP contribution in [0.25, 0.3) is 0 Å². The molecule has 0 unspecified atom stereocenters. The smallest absolute Gasteiger partial charge is 0.130 e. The predicted octanol–water partition coefficient (Wildman–Crippen LogP) is 1.36. The summed E-state index contributed by atoms with van der Waals surface area (Å²) >= 11 is 0. The average molecular weight is 175 g/mol. The van der Waals surface area contributed by atoms with Gasteiger partial charge in [-0.1, -0.05) is 13.8 Å². The lowest BCUT2D eigenvalue weighted by atomic mass is 10.0.